The van der Waals surface area contributed by atoms with E-state index in [1.807, 2.05) is 16.8 Å². The van der Waals surface area contributed by atoms with Gasteiger partial charge in [-0.25, -0.2) is 4.68 Å². The first-order chi connectivity index (χ1) is 11.3. The lowest BCUT2D eigenvalue weighted by Gasteiger charge is -2.07. The topological polar surface area (TPSA) is 49.2 Å². The van der Waals surface area contributed by atoms with Gasteiger partial charge in [0.15, 0.2) is 11.3 Å². The monoisotopic (exact) mass is 319 g/mol. The van der Waals surface area contributed by atoms with Crippen LogP contribution in [0.2, 0.25) is 0 Å². The van der Waals surface area contributed by atoms with Crippen molar-refractivity contribution in [3.63, 3.8) is 0 Å². The molecule has 0 saturated heterocycles. The Morgan fingerprint density at radius 1 is 0.913 bits per heavy atom. The SMILES string of the molecule is CCCCCCCCCCn1nnc2c(OC)cc(OC)cc21. The highest BCUT2D eigenvalue weighted by atomic mass is 16.5. The van der Waals surface area contributed by atoms with Crippen molar-refractivity contribution in [1.82, 2.24) is 15.0 Å². The lowest BCUT2D eigenvalue weighted by Crippen LogP contribution is -2.00. The van der Waals surface area contributed by atoms with Crippen LogP contribution in [0.15, 0.2) is 12.1 Å². The molecule has 1 aromatic heterocycles. The summed E-state index contributed by atoms with van der Waals surface area (Å²) >= 11 is 0. The van der Waals surface area contributed by atoms with Gasteiger partial charge in [0.25, 0.3) is 0 Å². The van der Waals surface area contributed by atoms with E-state index in [9.17, 15) is 0 Å². The van der Waals surface area contributed by atoms with Gasteiger partial charge in [-0.05, 0) is 6.42 Å². The zero-order valence-electron chi connectivity index (χ0n) is 14.7. The minimum atomic E-state index is 0.710. The minimum Gasteiger partial charge on any atom is -0.497 e. The Kier molecular flexibility index (Phi) is 7.17. The van der Waals surface area contributed by atoms with E-state index in [1.54, 1.807) is 14.2 Å². The lowest BCUT2D eigenvalue weighted by molar-refractivity contribution is 0.397. The number of fused-ring (bicyclic) bond motifs is 1. The number of aryl methyl sites for hydroxylation is 1. The summed E-state index contributed by atoms with van der Waals surface area (Å²) in [6, 6.07) is 3.82. The summed E-state index contributed by atoms with van der Waals surface area (Å²) in [5.74, 6) is 1.48. The molecule has 2 aromatic rings. The molecule has 0 atom stereocenters. The molecule has 5 nitrogen and oxygen atoms in total. The number of hydrogen-bond donors (Lipinski definition) is 0. The Morgan fingerprint density at radius 2 is 1.61 bits per heavy atom. The van der Waals surface area contributed by atoms with Gasteiger partial charge >= 0.3 is 0 Å². The third-order valence-electron chi connectivity index (χ3n) is 4.24. The summed E-state index contributed by atoms with van der Waals surface area (Å²) in [4.78, 5) is 0. The first kappa shape index (κ1) is 17.6. The fourth-order valence-corrected chi connectivity index (χ4v) is 2.85. The van der Waals surface area contributed by atoms with Gasteiger partial charge in [0.1, 0.15) is 5.75 Å². The van der Waals surface area contributed by atoms with Crippen LogP contribution in [-0.2, 0) is 6.54 Å². The molecule has 0 N–H and O–H groups in total. The largest absolute Gasteiger partial charge is 0.497 e. The van der Waals surface area contributed by atoms with Gasteiger partial charge in [0.2, 0.25) is 0 Å². The van der Waals surface area contributed by atoms with Gasteiger partial charge in [0, 0.05) is 18.7 Å². The number of hydrogen-bond acceptors (Lipinski definition) is 4. The van der Waals surface area contributed by atoms with Crippen molar-refractivity contribution in [2.24, 2.45) is 0 Å². The molecule has 0 spiro atoms. The number of nitrogens with zero attached hydrogens (tertiary/aromatic N) is 3. The van der Waals surface area contributed by atoms with E-state index in [4.69, 9.17) is 9.47 Å². The molecule has 0 bridgehead atoms. The number of methoxy groups -OCH3 is 2. The van der Waals surface area contributed by atoms with E-state index in [0.29, 0.717) is 5.75 Å². The fourth-order valence-electron chi connectivity index (χ4n) is 2.85. The molecule has 0 aliphatic heterocycles. The van der Waals surface area contributed by atoms with Gasteiger partial charge in [-0.15, -0.1) is 5.10 Å². The van der Waals surface area contributed by atoms with Crippen LogP contribution in [0.1, 0.15) is 58.3 Å². The number of ether oxygens (including phenoxy) is 2. The van der Waals surface area contributed by atoms with Crippen LogP contribution in [-0.4, -0.2) is 29.2 Å². The highest BCUT2D eigenvalue weighted by molar-refractivity contribution is 5.83. The van der Waals surface area contributed by atoms with Gasteiger partial charge in [-0.3, -0.25) is 0 Å². The molecule has 0 fully saturated rings. The van der Waals surface area contributed by atoms with E-state index in [1.165, 1.54) is 44.9 Å². The van der Waals surface area contributed by atoms with Crippen LogP contribution in [0, 0.1) is 0 Å². The first-order valence-electron chi connectivity index (χ1n) is 8.75. The van der Waals surface area contributed by atoms with Crippen molar-refractivity contribution in [2.45, 2.75) is 64.8 Å². The van der Waals surface area contributed by atoms with E-state index in [2.05, 4.69) is 17.2 Å². The normalized spacial score (nSPS) is 11.1. The molecule has 0 amide bonds. The van der Waals surface area contributed by atoms with Crippen molar-refractivity contribution in [3.05, 3.63) is 12.1 Å². The van der Waals surface area contributed by atoms with E-state index < -0.39 is 0 Å². The van der Waals surface area contributed by atoms with Gasteiger partial charge in [-0.1, -0.05) is 57.1 Å². The Balaban J connectivity index is 1.86. The molecule has 1 heterocycles. The quantitative estimate of drug-likeness (QED) is 0.568. The van der Waals surface area contributed by atoms with E-state index in [0.717, 1.165) is 29.7 Å². The molecule has 0 aliphatic carbocycles. The standard InChI is InChI=1S/C18H29N3O2/c1-4-5-6-7-8-9-10-11-12-21-16-13-15(22-2)14-17(23-3)18(16)19-20-21/h13-14H,4-12H2,1-3H3. The van der Waals surface area contributed by atoms with Crippen LogP contribution in [0.3, 0.4) is 0 Å². The second-order valence-corrected chi connectivity index (χ2v) is 5.98. The van der Waals surface area contributed by atoms with E-state index >= 15 is 0 Å². The van der Waals surface area contributed by atoms with Crippen LogP contribution in [0.5, 0.6) is 11.5 Å². The maximum absolute atomic E-state index is 5.38. The summed E-state index contributed by atoms with van der Waals surface area (Å²) < 4.78 is 12.7. The number of aromatic nitrogens is 3. The van der Waals surface area contributed by atoms with Crippen molar-refractivity contribution in [3.8, 4) is 11.5 Å². The maximum atomic E-state index is 5.38. The fraction of sp³-hybridized carbons (Fsp3) is 0.667. The van der Waals surface area contributed by atoms with Gasteiger partial charge < -0.3 is 9.47 Å². The molecular weight excluding hydrogens is 290 g/mol. The van der Waals surface area contributed by atoms with Crippen molar-refractivity contribution >= 4 is 11.0 Å². The zero-order chi connectivity index (χ0) is 16.5. The number of rotatable bonds is 11. The minimum absolute atomic E-state index is 0.710. The van der Waals surface area contributed by atoms with Crippen molar-refractivity contribution < 1.29 is 9.47 Å². The van der Waals surface area contributed by atoms with Crippen LogP contribution >= 0.6 is 0 Å². The molecule has 0 unspecified atom stereocenters. The summed E-state index contributed by atoms with van der Waals surface area (Å²) in [7, 11) is 3.30. The average Bonchev–Trinajstić information content (AvgIpc) is 2.99. The maximum Gasteiger partial charge on any atom is 0.155 e. The van der Waals surface area contributed by atoms with Crippen molar-refractivity contribution in [1.29, 1.82) is 0 Å². The smallest absolute Gasteiger partial charge is 0.155 e. The molecule has 0 aliphatic rings. The number of benzene rings is 1. The Hall–Kier alpha value is -1.78. The highest BCUT2D eigenvalue weighted by Crippen LogP contribution is 2.29. The molecular formula is C18H29N3O2. The Bertz CT molecular complexity index is 595. The summed E-state index contributed by atoms with van der Waals surface area (Å²) in [5, 5.41) is 8.51. The molecule has 128 valence electrons. The third-order valence-corrected chi connectivity index (χ3v) is 4.24. The Labute approximate surface area is 139 Å². The Morgan fingerprint density at radius 3 is 2.26 bits per heavy atom. The van der Waals surface area contributed by atoms with Crippen LogP contribution in [0.4, 0.5) is 0 Å². The molecule has 2 rings (SSSR count). The molecule has 1 aromatic carbocycles. The second-order valence-electron chi connectivity index (χ2n) is 5.98. The predicted molar refractivity (Wildman–Crippen MR) is 93.2 cm³/mol. The zero-order valence-corrected chi connectivity index (χ0v) is 14.7. The lowest BCUT2D eigenvalue weighted by atomic mass is 10.1. The molecule has 0 radical (unpaired) electrons. The second kappa shape index (κ2) is 9.38. The number of unbranched alkanes of at least 4 members (excludes halogenated alkanes) is 7. The highest BCUT2D eigenvalue weighted by Gasteiger charge is 2.12. The molecule has 5 heteroatoms. The predicted octanol–water partition coefficient (Wildman–Crippen LogP) is 4.59. The van der Waals surface area contributed by atoms with Crippen molar-refractivity contribution in [2.75, 3.05) is 14.2 Å². The van der Waals surface area contributed by atoms with Crippen LogP contribution in [0.25, 0.3) is 11.0 Å². The first-order valence-corrected chi connectivity index (χ1v) is 8.75. The third kappa shape index (κ3) is 4.85. The summed E-state index contributed by atoms with van der Waals surface area (Å²) in [5.41, 5.74) is 1.78. The van der Waals surface area contributed by atoms with Gasteiger partial charge in [-0.2, -0.15) is 0 Å². The van der Waals surface area contributed by atoms with Crippen LogP contribution < -0.4 is 9.47 Å². The summed E-state index contributed by atoms with van der Waals surface area (Å²) in [6.45, 7) is 3.15. The van der Waals surface area contributed by atoms with E-state index in [-0.39, 0.29) is 0 Å². The summed E-state index contributed by atoms with van der Waals surface area (Å²) in [6.07, 6.45) is 10.5. The average molecular weight is 319 g/mol. The van der Waals surface area contributed by atoms with Gasteiger partial charge in [0.05, 0.1) is 19.7 Å². The molecule has 23 heavy (non-hydrogen) atoms. The molecule has 0 saturated carbocycles.